The van der Waals surface area contributed by atoms with Gasteiger partial charge in [-0.15, -0.1) is 0 Å². The summed E-state index contributed by atoms with van der Waals surface area (Å²) in [6.07, 6.45) is 7.67. The number of hydrogen-bond acceptors (Lipinski definition) is 3. The molecule has 3 aromatic rings. The maximum atomic E-state index is 12.5. The zero-order valence-electron chi connectivity index (χ0n) is 15.6. The van der Waals surface area contributed by atoms with E-state index in [9.17, 15) is 4.79 Å². The molecule has 0 saturated heterocycles. The van der Waals surface area contributed by atoms with E-state index in [0.29, 0.717) is 6.42 Å². The van der Waals surface area contributed by atoms with Crippen LogP contribution in [0, 0.1) is 0 Å². The second-order valence-corrected chi connectivity index (χ2v) is 6.92. The summed E-state index contributed by atoms with van der Waals surface area (Å²) in [6, 6.07) is 13.9. The number of benzene rings is 1. The molecule has 5 heteroatoms. The fourth-order valence-electron chi connectivity index (χ4n) is 3.60. The largest absolute Gasteiger partial charge is 0.346 e. The highest BCUT2D eigenvalue weighted by molar-refractivity contribution is 5.93. The van der Waals surface area contributed by atoms with Gasteiger partial charge in [0.2, 0.25) is 5.91 Å². The summed E-state index contributed by atoms with van der Waals surface area (Å²) in [5.41, 5.74) is 4.48. The van der Waals surface area contributed by atoms with Crippen LogP contribution in [0.4, 0.5) is 5.69 Å². The standard InChI is InChI=1S/C22H24N4O/c1-25(18-6-3-2-4-7-18)21(27)11-15-26-13-9-17(10-14-26)20-16-24-22-19(20)8-5-12-23-22/h2-9,12,16H,10-11,13-15H2,1H3,(H,23,24). The molecule has 2 aromatic heterocycles. The number of amides is 1. The molecule has 0 saturated carbocycles. The molecular formula is C22H24N4O. The number of para-hydroxylation sites is 1. The molecule has 0 spiro atoms. The summed E-state index contributed by atoms with van der Waals surface area (Å²) in [4.78, 5) is 24.2. The lowest BCUT2D eigenvalue weighted by Crippen LogP contribution is -2.34. The number of H-pyrrole nitrogens is 1. The highest BCUT2D eigenvalue weighted by Gasteiger charge is 2.17. The van der Waals surface area contributed by atoms with Crippen molar-refractivity contribution in [3.05, 3.63) is 66.5 Å². The third kappa shape index (κ3) is 3.78. The van der Waals surface area contributed by atoms with Crippen LogP contribution < -0.4 is 4.90 Å². The summed E-state index contributed by atoms with van der Waals surface area (Å²) in [5.74, 6) is 0.152. The Labute approximate surface area is 159 Å². The minimum Gasteiger partial charge on any atom is -0.346 e. The summed E-state index contributed by atoms with van der Waals surface area (Å²) in [6.45, 7) is 2.64. The van der Waals surface area contributed by atoms with Crippen molar-refractivity contribution in [3.8, 4) is 0 Å². The first-order valence-electron chi connectivity index (χ1n) is 9.38. The van der Waals surface area contributed by atoms with E-state index < -0.39 is 0 Å². The summed E-state index contributed by atoms with van der Waals surface area (Å²) < 4.78 is 0. The zero-order chi connectivity index (χ0) is 18.6. The molecule has 5 nitrogen and oxygen atoms in total. The first-order chi connectivity index (χ1) is 13.2. The van der Waals surface area contributed by atoms with Crippen molar-refractivity contribution in [1.29, 1.82) is 0 Å². The van der Waals surface area contributed by atoms with E-state index in [4.69, 9.17) is 0 Å². The van der Waals surface area contributed by atoms with Crippen LogP contribution in [0.1, 0.15) is 18.4 Å². The van der Waals surface area contributed by atoms with E-state index in [1.54, 1.807) is 4.90 Å². The molecule has 0 unspecified atom stereocenters. The molecule has 0 aliphatic carbocycles. The number of carbonyl (C=O) groups excluding carboxylic acids is 1. The molecule has 0 fully saturated rings. The topological polar surface area (TPSA) is 52.2 Å². The molecule has 1 aliphatic heterocycles. The quantitative estimate of drug-likeness (QED) is 0.755. The smallest absolute Gasteiger partial charge is 0.228 e. The first-order valence-corrected chi connectivity index (χ1v) is 9.38. The molecule has 0 radical (unpaired) electrons. The van der Waals surface area contributed by atoms with Crippen molar-refractivity contribution in [2.45, 2.75) is 12.8 Å². The Hall–Kier alpha value is -2.92. The van der Waals surface area contributed by atoms with Gasteiger partial charge in [0, 0.05) is 62.1 Å². The van der Waals surface area contributed by atoms with Gasteiger partial charge in [0.05, 0.1) is 0 Å². The van der Waals surface area contributed by atoms with Crippen LogP contribution in [-0.4, -0.2) is 47.5 Å². The summed E-state index contributed by atoms with van der Waals surface area (Å²) >= 11 is 0. The molecule has 138 valence electrons. The molecule has 1 aliphatic rings. The Bertz CT molecular complexity index is 961. The number of carbonyl (C=O) groups is 1. The number of fused-ring (bicyclic) bond motifs is 1. The first kappa shape index (κ1) is 17.5. The molecule has 1 amide bonds. The molecule has 4 rings (SSSR count). The predicted octanol–water partition coefficient (Wildman–Crippen LogP) is 3.71. The van der Waals surface area contributed by atoms with Gasteiger partial charge in [-0.1, -0.05) is 24.3 Å². The number of hydrogen-bond donors (Lipinski definition) is 1. The van der Waals surface area contributed by atoms with E-state index in [1.165, 1.54) is 16.5 Å². The van der Waals surface area contributed by atoms with Gasteiger partial charge in [-0.05, 0) is 36.3 Å². The molecule has 1 N–H and O–H groups in total. The zero-order valence-corrected chi connectivity index (χ0v) is 15.6. The van der Waals surface area contributed by atoms with Crippen molar-refractivity contribution in [2.75, 3.05) is 31.6 Å². The molecule has 0 atom stereocenters. The monoisotopic (exact) mass is 360 g/mol. The normalized spacial score (nSPS) is 14.9. The van der Waals surface area contributed by atoms with Gasteiger partial charge >= 0.3 is 0 Å². The maximum absolute atomic E-state index is 12.5. The van der Waals surface area contributed by atoms with Gasteiger partial charge in [-0.25, -0.2) is 4.98 Å². The number of rotatable bonds is 5. The van der Waals surface area contributed by atoms with Crippen LogP contribution >= 0.6 is 0 Å². The summed E-state index contributed by atoms with van der Waals surface area (Å²) in [7, 11) is 1.84. The highest BCUT2D eigenvalue weighted by atomic mass is 16.2. The van der Waals surface area contributed by atoms with Gasteiger partial charge in [0.15, 0.2) is 0 Å². The third-order valence-corrected chi connectivity index (χ3v) is 5.25. The SMILES string of the molecule is CN(C(=O)CCN1CC=C(c2c[nH]c3ncccc23)CC1)c1ccccc1. The van der Waals surface area contributed by atoms with Crippen molar-refractivity contribution in [2.24, 2.45) is 0 Å². The van der Waals surface area contributed by atoms with Crippen LogP contribution in [0.25, 0.3) is 16.6 Å². The highest BCUT2D eigenvalue weighted by Crippen LogP contribution is 2.28. The van der Waals surface area contributed by atoms with Crippen molar-refractivity contribution >= 4 is 28.2 Å². The lowest BCUT2D eigenvalue weighted by molar-refractivity contribution is -0.118. The Morgan fingerprint density at radius 1 is 1.22 bits per heavy atom. The second-order valence-electron chi connectivity index (χ2n) is 6.92. The van der Waals surface area contributed by atoms with E-state index >= 15 is 0 Å². The number of anilines is 1. The van der Waals surface area contributed by atoms with E-state index in [2.05, 4.69) is 33.2 Å². The van der Waals surface area contributed by atoms with Crippen molar-refractivity contribution in [3.63, 3.8) is 0 Å². The summed E-state index contributed by atoms with van der Waals surface area (Å²) in [5, 5.41) is 1.18. The van der Waals surface area contributed by atoms with Crippen LogP contribution in [0.15, 0.2) is 60.9 Å². The number of aromatic amines is 1. The van der Waals surface area contributed by atoms with E-state index in [0.717, 1.165) is 37.4 Å². The van der Waals surface area contributed by atoms with Gasteiger partial charge in [0.1, 0.15) is 5.65 Å². The Balaban J connectivity index is 1.34. The molecule has 3 heterocycles. The maximum Gasteiger partial charge on any atom is 0.228 e. The molecule has 0 bridgehead atoms. The lowest BCUT2D eigenvalue weighted by atomic mass is 9.99. The van der Waals surface area contributed by atoms with Gasteiger partial charge < -0.3 is 9.88 Å². The average Bonchev–Trinajstić information content (AvgIpc) is 3.16. The van der Waals surface area contributed by atoms with Crippen LogP contribution in [0.2, 0.25) is 0 Å². The Kier molecular flexibility index (Phi) is 5.03. The molecule has 27 heavy (non-hydrogen) atoms. The molecular weight excluding hydrogens is 336 g/mol. The molecule has 1 aromatic carbocycles. The fourth-order valence-corrected chi connectivity index (χ4v) is 3.60. The minimum atomic E-state index is 0.152. The number of nitrogens with zero attached hydrogens (tertiary/aromatic N) is 3. The minimum absolute atomic E-state index is 0.152. The average molecular weight is 360 g/mol. The number of pyridine rings is 1. The Morgan fingerprint density at radius 3 is 2.85 bits per heavy atom. The fraction of sp³-hybridized carbons (Fsp3) is 0.273. The van der Waals surface area contributed by atoms with E-state index in [1.807, 2.05) is 49.6 Å². The van der Waals surface area contributed by atoms with E-state index in [-0.39, 0.29) is 5.91 Å². The third-order valence-electron chi connectivity index (χ3n) is 5.25. The van der Waals surface area contributed by atoms with Gasteiger partial charge in [0.25, 0.3) is 0 Å². The van der Waals surface area contributed by atoms with Gasteiger partial charge in [-0.3, -0.25) is 9.69 Å². The lowest BCUT2D eigenvalue weighted by Gasteiger charge is -2.27. The van der Waals surface area contributed by atoms with Crippen LogP contribution in [0.3, 0.4) is 0 Å². The van der Waals surface area contributed by atoms with Gasteiger partial charge in [-0.2, -0.15) is 0 Å². The predicted molar refractivity (Wildman–Crippen MR) is 110 cm³/mol. The van der Waals surface area contributed by atoms with Crippen LogP contribution in [-0.2, 0) is 4.79 Å². The Morgan fingerprint density at radius 2 is 2.07 bits per heavy atom. The number of nitrogens with one attached hydrogen (secondary N) is 1. The van der Waals surface area contributed by atoms with Crippen molar-refractivity contribution in [1.82, 2.24) is 14.9 Å². The van der Waals surface area contributed by atoms with Crippen LogP contribution in [0.5, 0.6) is 0 Å². The second kappa shape index (κ2) is 7.76. The van der Waals surface area contributed by atoms with Crippen molar-refractivity contribution < 1.29 is 4.79 Å². The number of aromatic nitrogens is 2.